The van der Waals surface area contributed by atoms with Crippen molar-refractivity contribution in [2.75, 3.05) is 24.6 Å². The molecule has 0 radical (unpaired) electrons. The number of rotatable bonds is 5. The second-order valence-corrected chi connectivity index (χ2v) is 11.3. The van der Waals surface area contributed by atoms with Crippen LogP contribution < -0.4 is 5.32 Å². The number of sulfone groups is 1. The van der Waals surface area contributed by atoms with Crippen LogP contribution in [0.5, 0.6) is 0 Å². The number of hydrogen-bond donors (Lipinski definition) is 1. The normalized spacial score (nSPS) is 32.2. The first kappa shape index (κ1) is 21.1. The van der Waals surface area contributed by atoms with Crippen molar-refractivity contribution in [1.82, 2.24) is 15.1 Å². The average Bonchev–Trinajstić information content (AvgIpc) is 3.07. The molecule has 2 saturated heterocycles. The van der Waals surface area contributed by atoms with Crippen molar-refractivity contribution in [3.05, 3.63) is 0 Å². The summed E-state index contributed by atoms with van der Waals surface area (Å²) < 4.78 is 23.7. The highest BCUT2D eigenvalue weighted by molar-refractivity contribution is 7.91. The molecule has 2 aliphatic heterocycles. The van der Waals surface area contributed by atoms with E-state index in [4.69, 9.17) is 0 Å². The quantitative estimate of drug-likeness (QED) is 0.681. The molecule has 3 aliphatic rings. The SMILES string of the molecule is CC(C)CN(C(=O)CN1C(=O)NC2(CCC(C)CC2)C1=O)C1CCS(=O)(=O)C1. The average molecular weight is 414 g/mol. The molecule has 1 unspecified atom stereocenters. The lowest BCUT2D eigenvalue weighted by Gasteiger charge is -2.34. The number of amides is 4. The van der Waals surface area contributed by atoms with Gasteiger partial charge in [-0.3, -0.25) is 14.5 Å². The van der Waals surface area contributed by atoms with E-state index in [0.29, 0.717) is 31.7 Å². The largest absolute Gasteiger partial charge is 0.337 e. The first-order valence-electron chi connectivity index (χ1n) is 10.2. The van der Waals surface area contributed by atoms with Gasteiger partial charge in [-0.15, -0.1) is 0 Å². The molecule has 158 valence electrons. The molecule has 3 rings (SSSR count). The summed E-state index contributed by atoms with van der Waals surface area (Å²) in [5.41, 5.74) is -0.872. The van der Waals surface area contributed by atoms with E-state index in [9.17, 15) is 22.8 Å². The molecule has 3 fully saturated rings. The molecule has 1 spiro atoms. The summed E-state index contributed by atoms with van der Waals surface area (Å²) in [6.45, 7) is 6.12. The molecule has 1 atom stereocenters. The van der Waals surface area contributed by atoms with Gasteiger partial charge in [0.15, 0.2) is 9.84 Å². The van der Waals surface area contributed by atoms with Gasteiger partial charge in [0.2, 0.25) is 5.91 Å². The van der Waals surface area contributed by atoms with Crippen molar-refractivity contribution in [2.45, 2.75) is 64.5 Å². The molecule has 8 nitrogen and oxygen atoms in total. The molecule has 1 N–H and O–H groups in total. The minimum Gasteiger partial charge on any atom is -0.337 e. The van der Waals surface area contributed by atoms with Crippen LogP contribution in [0, 0.1) is 11.8 Å². The van der Waals surface area contributed by atoms with Crippen LogP contribution in [0.25, 0.3) is 0 Å². The summed E-state index contributed by atoms with van der Waals surface area (Å²) in [5.74, 6) is 0.0254. The number of carbonyl (C=O) groups excluding carboxylic acids is 3. The maximum atomic E-state index is 13.0. The molecule has 0 aromatic carbocycles. The Morgan fingerprint density at radius 1 is 1.25 bits per heavy atom. The molecular weight excluding hydrogens is 382 g/mol. The first-order valence-corrected chi connectivity index (χ1v) is 12.0. The van der Waals surface area contributed by atoms with Crippen molar-refractivity contribution < 1.29 is 22.8 Å². The van der Waals surface area contributed by atoms with Crippen LogP contribution in [-0.2, 0) is 19.4 Å². The fourth-order valence-corrected chi connectivity index (χ4v) is 6.24. The fraction of sp³-hybridized carbons (Fsp3) is 0.842. The van der Waals surface area contributed by atoms with E-state index < -0.39 is 21.4 Å². The molecule has 4 amide bonds. The summed E-state index contributed by atoms with van der Waals surface area (Å²) >= 11 is 0. The Morgan fingerprint density at radius 2 is 1.89 bits per heavy atom. The highest BCUT2D eigenvalue weighted by atomic mass is 32.2. The van der Waals surface area contributed by atoms with Crippen molar-refractivity contribution in [1.29, 1.82) is 0 Å². The Labute approximate surface area is 166 Å². The van der Waals surface area contributed by atoms with Crippen molar-refractivity contribution in [2.24, 2.45) is 11.8 Å². The third kappa shape index (κ3) is 4.18. The number of imide groups is 1. The minimum atomic E-state index is -3.14. The first-order chi connectivity index (χ1) is 13.0. The number of carbonyl (C=O) groups is 3. The zero-order chi connectivity index (χ0) is 20.7. The number of hydrogen-bond acceptors (Lipinski definition) is 5. The van der Waals surface area contributed by atoms with Gasteiger partial charge in [0, 0.05) is 12.6 Å². The van der Waals surface area contributed by atoms with E-state index in [0.717, 1.165) is 17.7 Å². The van der Waals surface area contributed by atoms with Crippen LogP contribution in [-0.4, -0.2) is 72.2 Å². The van der Waals surface area contributed by atoms with E-state index in [1.54, 1.807) is 4.90 Å². The molecule has 2 heterocycles. The van der Waals surface area contributed by atoms with Crippen LogP contribution in [0.2, 0.25) is 0 Å². The zero-order valence-electron chi connectivity index (χ0n) is 16.9. The second kappa shape index (κ2) is 7.65. The highest BCUT2D eigenvalue weighted by Gasteiger charge is 2.52. The Hall–Kier alpha value is -1.64. The summed E-state index contributed by atoms with van der Waals surface area (Å²) in [4.78, 5) is 41.0. The van der Waals surface area contributed by atoms with Crippen molar-refractivity contribution >= 4 is 27.7 Å². The summed E-state index contributed by atoms with van der Waals surface area (Å²) in [6.07, 6.45) is 3.34. The van der Waals surface area contributed by atoms with Gasteiger partial charge in [-0.05, 0) is 43.9 Å². The van der Waals surface area contributed by atoms with Crippen molar-refractivity contribution in [3.8, 4) is 0 Å². The van der Waals surface area contributed by atoms with Gasteiger partial charge in [0.25, 0.3) is 5.91 Å². The lowest BCUT2D eigenvalue weighted by molar-refractivity contribution is -0.141. The molecule has 1 aliphatic carbocycles. The lowest BCUT2D eigenvalue weighted by Crippen LogP contribution is -2.51. The van der Waals surface area contributed by atoms with Crippen LogP contribution in [0.15, 0.2) is 0 Å². The third-order valence-electron chi connectivity index (χ3n) is 6.20. The predicted octanol–water partition coefficient (Wildman–Crippen LogP) is 1.16. The predicted molar refractivity (Wildman–Crippen MR) is 104 cm³/mol. The molecule has 1 saturated carbocycles. The third-order valence-corrected chi connectivity index (χ3v) is 7.95. The Kier molecular flexibility index (Phi) is 5.76. The molecule has 0 bridgehead atoms. The monoisotopic (exact) mass is 413 g/mol. The highest BCUT2D eigenvalue weighted by Crippen LogP contribution is 2.36. The maximum absolute atomic E-state index is 13.0. The Balaban J connectivity index is 1.72. The summed E-state index contributed by atoms with van der Waals surface area (Å²) in [7, 11) is -3.14. The van der Waals surface area contributed by atoms with E-state index in [1.165, 1.54) is 0 Å². The van der Waals surface area contributed by atoms with Crippen LogP contribution in [0.1, 0.15) is 52.9 Å². The van der Waals surface area contributed by atoms with Crippen LogP contribution in [0.3, 0.4) is 0 Å². The smallest absolute Gasteiger partial charge is 0.325 e. The van der Waals surface area contributed by atoms with E-state index in [1.807, 2.05) is 13.8 Å². The van der Waals surface area contributed by atoms with Gasteiger partial charge in [0.05, 0.1) is 11.5 Å². The molecule has 0 aromatic rings. The van der Waals surface area contributed by atoms with Gasteiger partial charge in [-0.1, -0.05) is 20.8 Å². The Morgan fingerprint density at radius 3 is 2.43 bits per heavy atom. The van der Waals surface area contributed by atoms with Gasteiger partial charge < -0.3 is 10.2 Å². The number of nitrogens with one attached hydrogen (secondary N) is 1. The minimum absolute atomic E-state index is 0.0482. The van der Waals surface area contributed by atoms with Crippen LogP contribution >= 0.6 is 0 Å². The van der Waals surface area contributed by atoms with Gasteiger partial charge in [-0.2, -0.15) is 0 Å². The molecule has 9 heteroatoms. The molecule has 0 aromatic heterocycles. The second-order valence-electron chi connectivity index (χ2n) is 9.08. The van der Waals surface area contributed by atoms with Crippen LogP contribution in [0.4, 0.5) is 4.79 Å². The topological polar surface area (TPSA) is 104 Å². The van der Waals surface area contributed by atoms with E-state index in [-0.39, 0.29) is 41.8 Å². The maximum Gasteiger partial charge on any atom is 0.325 e. The summed E-state index contributed by atoms with van der Waals surface area (Å²) in [5, 5.41) is 2.83. The van der Waals surface area contributed by atoms with Gasteiger partial charge in [-0.25, -0.2) is 13.2 Å². The van der Waals surface area contributed by atoms with E-state index in [2.05, 4.69) is 12.2 Å². The lowest BCUT2D eigenvalue weighted by atomic mass is 9.77. The summed E-state index contributed by atoms with van der Waals surface area (Å²) in [6, 6.07) is -0.901. The number of nitrogens with zero attached hydrogens (tertiary/aromatic N) is 2. The fourth-order valence-electron chi connectivity index (χ4n) is 4.51. The van der Waals surface area contributed by atoms with Gasteiger partial charge >= 0.3 is 6.03 Å². The number of urea groups is 1. The van der Waals surface area contributed by atoms with Crippen molar-refractivity contribution in [3.63, 3.8) is 0 Å². The molecular formula is C19H31N3O5S. The Bertz CT molecular complexity index is 756. The zero-order valence-corrected chi connectivity index (χ0v) is 17.8. The van der Waals surface area contributed by atoms with Gasteiger partial charge in [0.1, 0.15) is 12.1 Å². The molecule has 28 heavy (non-hydrogen) atoms. The standard InChI is InChI=1S/C19H31N3O5S/c1-13(2)10-21(15-6-9-28(26,27)12-15)16(23)11-22-17(24)19(20-18(22)25)7-4-14(3)5-8-19/h13-15H,4-12H2,1-3H3,(H,20,25). The van der Waals surface area contributed by atoms with E-state index >= 15 is 0 Å².